The van der Waals surface area contributed by atoms with Crippen LogP contribution in [0.15, 0.2) is 10.9 Å². The number of likely N-dealkylation sites (N-methyl/N-ethyl adjacent to an activating group) is 1. The monoisotopic (exact) mass is 337 g/mol. The molecule has 124 valence electrons. The molecule has 8 nitrogen and oxygen atoms in total. The van der Waals surface area contributed by atoms with Gasteiger partial charge < -0.3 is 15.0 Å². The summed E-state index contributed by atoms with van der Waals surface area (Å²) in [6, 6.07) is 1.44. The van der Waals surface area contributed by atoms with Crippen LogP contribution in [0.3, 0.4) is 0 Å². The van der Waals surface area contributed by atoms with E-state index in [-0.39, 0.29) is 24.1 Å². The highest BCUT2D eigenvalue weighted by Crippen LogP contribution is 2.19. The third kappa shape index (κ3) is 3.67. The standard InChI is InChI=1S/C14H19N5O3S/c1-9-6-12(21)19-13(16-9)23-14(17-19)18(2)8-11(20)15-7-10-4-3-5-22-10/h6,10H,3-5,7-8H2,1-2H3,(H,15,20)/t10-/m1/s1. The van der Waals surface area contributed by atoms with E-state index in [1.165, 1.54) is 21.9 Å². The zero-order valence-corrected chi connectivity index (χ0v) is 13.9. The molecule has 1 fully saturated rings. The molecule has 0 spiro atoms. The van der Waals surface area contributed by atoms with E-state index < -0.39 is 0 Å². The Labute approximate surface area is 137 Å². The smallest absolute Gasteiger partial charge is 0.275 e. The molecule has 0 bridgehead atoms. The Morgan fingerprint density at radius 3 is 3.17 bits per heavy atom. The predicted molar refractivity (Wildman–Crippen MR) is 87.1 cm³/mol. The van der Waals surface area contributed by atoms with E-state index >= 15 is 0 Å². The number of nitrogens with zero attached hydrogens (tertiary/aromatic N) is 4. The van der Waals surface area contributed by atoms with Crippen molar-refractivity contribution >= 4 is 27.3 Å². The van der Waals surface area contributed by atoms with E-state index in [1.54, 1.807) is 18.9 Å². The van der Waals surface area contributed by atoms with Crippen LogP contribution >= 0.6 is 11.3 Å². The van der Waals surface area contributed by atoms with Gasteiger partial charge in [-0.2, -0.15) is 4.52 Å². The lowest BCUT2D eigenvalue weighted by molar-refractivity contribution is -0.120. The highest BCUT2D eigenvalue weighted by Gasteiger charge is 2.18. The molecule has 1 N–H and O–H groups in total. The van der Waals surface area contributed by atoms with Crippen molar-refractivity contribution in [2.24, 2.45) is 0 Å². The van der Waals surface area contributed by atoms with Crippen molar-refractivity contribution < 1.29 is 9.53 Å². The molecule has 1 atom stereocenters. The van der Waals surface area contributed by atoms with Gasteiger partial charge in [-0.3, -0.25) is 9.59 Å². The van der Waals surface area contributed by atoms with Crippen molar-refractivity contribution in [3.63, 3.8) is 0 Å². The van der Waals surface area contributed by atoms with Crippen molar-refractivity contribution in [2.75, 3.05) is 31.6 Å². The van der Waals surface area contributed by atoms with Gasteiger partial charge in [-0.15, -0.1) is 5.10 Å². The summed E-state index contributed by atoms with van der Waals surface area (Å²) in [5.74, 6) is -0.0984. The minimum atomic E-state index is -0.216. The number of anilines is 1. The quantitative estimate of drug-likeness (QED) is 0.838. The van der Waals surface area contributed by atoms with Crippen LogP contribution in [-0.4, -0.2) is 53.4 Å². The van der Waals surface area contributed by atoms with Crippen LogP contribution in [0.4, 0.5) is 5.13 Å². The van der Waals surface area contributed by atoms with Crippen molar-refractivity contribution in [3.8, 4) is 0 Å². The van der Waals surface area contributed by atoms with Crippen LogP contribution in [-0.2, 0) is 9.53 Å². The maximum Gasteiger partial charge on any atom is 0.275 e. The molecular weight excluding hydrogens is 318 g/mol. The lowest BCUT2D eigenvalue weighted by Crippen LogP contribution is -2.38. The zero-order valence-electron chi connectivity index (χ0n) is 13.1. The summed E-state index contributed by atoms with van der Waals surface area (Å²) in [4.78, 5) is 30.4. The van der Waals surface area contributed by atoms with Crippen molar-refractivity contribution in [1.82, 2.24) is 19.9 Å². The minimum absolute atomic E-state index is 0.0984. The fourth-order valence-corrected chi connectivity index (χ4v) is 3.35. The largest absolute Gasteiger partial charge is 0.376 e. The normalized spacial score (nSPS) is 17.6. The van der Waals surface area contributed by atoms with Crippen LogP contribution in [0.5, 0.6) is 0 Å². The Balaban J connectivity index is 1.63. The fourth-order valence-electron chi connectivity index (χ4n) is 2.44. The number of rotatable bonds is 5. The first kappa shape index (κ1) is 15.9. The van der Waals surface area contributed by atoms with E-state index in [1.807, 2.05) is 0 Å². The van der Waals surface area contributed by atoms with Crippen LogP contribution in [0.25, 0.3) is 4.96 Å². The second-order valence-corrected chi connectivity index (χ2v) is 6.54. The molecule has 0 unspecified atom stereocenters. The summed E-state index contributed by atoms with van der Waals surface area (Å²) in [7, 11) is 1.77. The first-order chi connectivity index (χ1) is 11.0. The summed E-state index contributed by atoms with van der Waals surface area (Å²) in [6.45, 7) is 3.24. The van der Waals surface area contributed by atoms with Crippen molar-refractivity contribution in [2.45, 2.75) is 25.9 Å². The maximum absolute atomic E-state index is 12.0. The summed E-state index contributed by atoms with van der Waals surface area (Å²) >= 11 is 1.28. The Hall–Kier alpha value is -2.00. The number of aromatic nitrogens is 3. The molecule has 9 heteroatoms. The average Bonchev–Trinajstić information content (AvgIpc) is 3.14. The molecule has 0 aromatic carbocycles. The fraction of sp³-hybridized carbons (Fsp3) is 0.571. The van der Waals surface area contributed by atoms with Crippen molar-refractivity contribution in [3.05, 3.63) is 22.1 Å². The van der Waals surface area contributed by atoms with Gasteiger partial charge >= 0.3 is 0 Å². The Kier molecular flexibility index (Phi) is 4.58. The van der Waals surface area contributed by atoms with Gasteiger partial charge in [0.1, 0.15) is 0 Å². The van der Waals surface area contributed by atoms with Gasteiger partial charge in [0, 0.05) is 32.0 Å². The average molecular weight is 337 g/mol. The second-order valence-electron chi connectivity index (χ2n) is 5.61. The Bertz CT molecular complexity index is 765. The topological polar surface area (TPSA) is 88.8 Å². The molecule has 1 amide bonds. The third-order valence-corrected chi connectivity index (χ3v) is 4.64. The molecule has 2 aromatic rings. The highest BCUT2D eigenvalue weighted by molar-refractivity contribution is 7.20. The predicted octanol–water partition coefficient (Wildman–Crippen LogP) is 0.191. The zero-order chi connectivity index (χ0) is 16.4. The van der Waals surface area contributed by atoms with Gasteiger partial charge in [0.2, 0.25) is 16.0 Å². The van der Waals surface area contributed by atoms with E-state index in [0.717, 1.165) is 19.4 Å². The lowest BCUT2D eigenvalue weighted by Gasteiger charge is -2.16. The number of ether oxygens (including phenoxy) is 1. The molecule has 0 aliphatic carbocycles. The Morgan fingerprint density at radius 1 is 1.61 bits per heavy atom. The summed E-state index contributed by atoms with van der Waals surface area (Å²) in [6.07, 6.45) is 2.16. The number of hydrogen-bond acceptors (Lipinski definition) is 7. The van der Waals surface area contributed by atoms with Crippen LogP contribution in [0, 0.1) is 6.92 Å². The van der Waals surface area contributed by atoms with E-state index in [4.69, 9.17) is 4.74 Å². The van der Waals surface area contributed by atoms with Crippen LogP contribution in [0.1, 0.15) is 18.5 Å². The highest BCUT2D eigenvalue weighted by atomic mass is 32.1. The number of carbonyl (C=O) groups excluding carboxylic acids is 1. The summed E-state index contributed by atoms with van der Waals surface area (Å²) in [5, 5.41) is 7.67. The van der Waals surface area contributed by atoms with E-state index in [0.29, 0.717) is 22.3 Å². The molecule has 1 aliphatic heterocycles. The SMILES string of the molecule is Cc1cc(=O)n2nc(N(C)CC(=O)NC[C@H]3CCCO3)sc2n1. The molecule has 23 heavy (non-hydrogen) atoms. The molecule has 2 aromatic heterocycles. The summed E-state index contributed by atoms with van der Waals surface area (Å²) < 4.78 is 6.73. The van der Waals surface area contributed by atoms with Crippen LogP contribution < -0.4 is 15.8 Å². The minimum Gasteiger partial charge on any atom is -0.376 e. The molecule has 1 saturated heterocycles. The third-order valence-electron chi connectivity index (χ3n) is 3.62. The van der Waals surface area contributed by atoms with E-state index in [9.17, 15) is 9.59 Å². The van der Waals surface area contributed by atoms with Gasteiger partial charge in [0.05, 0.1) is 12.6 Å². The first-order valence-corrected chi connectivity index (χ1v) is 8.31. The maximum atomic E-state index is 12.0. The molecule has 3 rings (SSSR count). The Morgan fingerprint density at radius 2 is 2.43 bits per heavy atom. The van der Waals surface area contributed by atoms with Crippen LogP contribution in [0.2, 0.25) is 0 Å². The number of hydrogen-bond donors (Lipinski definition) is 1. The summed E-state index contributed by atoms with van der Waals surface area (Å²) in [5.41, 5.74) is 0.438. The molecule has 3 heterocycles. The van der Waals surface area contributed by atoms with Gasteiger partial charge in [-0.25, -0.2) is 4.98 Å². The molecular formula is C14H19N5O3S. The molecule has 0 radical (unpaired) electrons. The number of amides is 1. The van der Waals surface area contributed by atoms with Gasteiger partial charge in [-0.1, -0.05) is 11.3 Å². The first-order valence-electron chi connectivity index (χ1n) is 7.50. The number of nitrogens with one attached hydrogen (secondary N) is 1. The van der Waals surface area contributed by atoms with Crippen molar-refractivity contribution in [1.29, 1.82) is 0 Å². The number of carbonyl (C=O) groups is 1. The number of aryl methyl sites for hydroxylation is 1. The number of fused-ring (bicyclic) bond motifs is 1. The van der Waals surface area contributed by atoms with Gasteiger partial charge in [0.25, 0.3) is 5.56 Å². The van der Waals surface area contributed by atoms with E-state index in [2.05, 4.69) is 15.4 Å². The second kappa shape index (κ2) is 6.63. The van der Waals surface area contributed by atoms with Gasteiger partial charge in [0.15, 0.2) is 0 Å². The lowest BCUT2D eigenvalue weighted by atomic mass is 10.2. The van der Waals surface area contributed by atoms with Gasteiger partial charge in [-0.05, 0) is 19.8 Å². The molecule has 1 aliphatic rings. The molecule has 0 saturated carbocycles.